The molecule has 0 fully saturated rings. The molecule has 0 spiro atoms. The van der Waals surface area contributed by atoms with E-state index in [1.807, 2.05) is 19.1 Å². The number of hydrogen-bond donors (Lipinski definition) is 2. The van der Waals surface area contributed by atoms with Crippen molar-refractivity contribution < 1.29 is 4.39 Å². The molecule has 0 aliphatic rings. The fourth-order valence-electron chi connectivity index (χ4n) is 1.56. The number of aromatic amines is 1. The van der Waals surface area contributed by atoms with Gasteiger partial charge in [-0.3, -0.25) is 0 Å². The molecule has 3 heteroatoms. The molecule has 0 saturated carbocycles. The van der Waals surface area contributed by atoms with E-state index < -0.39 is 0 Å². The summed E-state index contributed by atoms with van der Waals surface area (Å²) in [5, 5.41) is 0.879. The average Bonchev–Trinajstić information content (AvgIpc) is 2.62. The molecule has 74 valence electrons. The molecule has 1 unspecified atom stereocenters. The minimum atomic E-state index is -0.225. The molecule has 0 amide bonds. The minimum absolute atomic E-state index is 0.0400. The summed E-state index contributed by atoms with van der Waals surface area (Å²) in [6, 6.07) is 6.89. The van der Waals surface area contributed by atoms with Crippen molar-refractivity contribution in [3.63, 3.8) is 0 Å². The maximum atomic E-state index is 13.3. The lowest BCUT2D eigenvalue weighted by molar-refractivity contribution is 0.634. The van der Waals surface area contributed by atoms with Crippen LogP contribution in [0, 0.1) is 5.82 Å². The summed E-state index contributed by atoms with van der Waals surface area (Å²) in [6.45, 7) is 2.01. The Morgan fingerprint density at radius 2 is 2.29 bits per heavy atom. The van der Waals surface area contributed by atoms with Crippen molar-refractivity contribution in [2.75, 3.05) is 0 Å². The zero-order chi connectivity index (χ0) is 10.1. The van der Waals surface area contributed by atoms with Crippen LogP contribution in [0.15, 0.2) is 24.3 Å². The summed E-state index contributed by atoms with van der Waals surface area (Å²) in [6.07, 6.45) is 0.842. The van der Waals surface area contributed by atoms with Gasteiger partial charge in [-0.2, -0.15) is 0 Å². The van der Waals surface area contributed by atoms with E-state index in [-0.39, 0.29) is 11.9 Å². The average molecular weight is 192 g/mol. The summed E-state index contributed by atoms with van der Waals surface area (Å²) < 4.78 is 13.3. The third kappa shape index (κ3) is 1.40. The molecule has 0 saturated heterocycles. The summed E-state index contributed by atoms with van der Waals surface area (Å²) in [5.41, 5.74) is 7.30. The highest BCUT2D eigenvalue weighted by Gasteiger charge is 2.09. The fraction of sp³-hybridized carbons (Fsp3) is 0.273. The largest absolute Gasteiger partial charge is 0.355 e. The van der Waals surface area contributed by atoms with Crippen molar-refractivity contribution in [3.8, 4) is 0 Å². The van der Waals surface area contributed by atoms with E-state index in [0.29, 0.717) is 5.52 Å². The molecule has 1 aromatic carbocycles. The van der Waals surface area contributed by atoms with E-state index in [1.54, 1.807) is 6.07 Å². The third-order valence-electron chi connectivity index (χ3n) is 2.47. The normalized spacial score (nSPS) is 13.4. The first-order chi connectivity index (χ1) is 6.72. The molecular weight excluding hydrogens is 179 g/mol. The number of hydrogen-bond acceptors (Lipinski definition) is 1. The predicted octanol–water partition coefficient (Wildman–Crippen LogP) is 2.72. The molecule has 0 aliphatic carbocycles. The van der Waals surface area contributed by atoms with E-state index in [4.69, 9.17) is 5.73 Å². The first-order valence-corrected chi connectivity index (χ1v) is 4.75. The zero-order valence-corrected chi connectivity index (χ0v) is 8.05. The van der Waals surface area contributed by atoms with E-state index in [0.717, 1.165) is 17.5 Å². The van der Waals surface area contributed by atoms with Crippen LogP contribution < -0.4 is 5.73 Å². The van der Waals surface area contributed by atoms with Gasteiger partial charge in [-0.05, 0) is 18.6 Å². The van der Waals surface area contributed by atoms with Gasteiger partial charge in [-0.25, -0.2) is 4.39 Å². The SMILES string of the molecule is CCC(N)c1cc2cccc(F)c2[nH]1. The molecule has 2 aromatic rings. The Labute approximate surface area is 81.9 Å². The maximum absolute atomic E-state index is 13.3. The van der Waals surface area contributed by atoms with Crippen molar-refractivity contribution in [2.45, 2.75) is 19.4 Å². The van der Waals surface area contributed by atoms with Crippen molar-refractivity contribution in [1.29, 1.82) is 0 Å². The molecule has 2 nitrogen and oxygen atoms in total. The Morgan fingerprint density at radius 3 is 2.93 bits per heavy atom. The molecule has 0 radical (unpaired) electrons. The molecule has 0 bridgehead atoms. The highest BCUT2D eigenvalue weighted by Crippen LogP contribution is 2.22. The number of fused-ring (bicyclic) bond motifs is 1. The first kappa shape index (κ1) is 9.21. The Balaban J connectivity index is 2.56. The van der Waals surface area contributed by atoms with Crippen LogP contribution in [0.2, 0.25) is 0 Å². The second-order valence-electron chi connectivity index (χ2n) is 3.44. The van der Waals surface area contributed by atoms with Gasteiger partial charge in [0.25, 0.3) is 0 Å². The van der Waals surface area contributed by atoms with Crippen LogP contribution in [-0.4, -0.2) is 4.98 Å². The smallest absolute Gasteiger partial charge is 0.147 e. The Kier molecular flexibility index (Phi) is 2.25. The van der Waals surface area contributed by atoms with Crippen LogP contribution in [0.25, 0.3) is 10.9 Å². The lowest BCUT2D eigenvalue weighted by Gasteiger charge is -2.04. The van der Waals surface area contributed by atoms with Gasteiger partial charge in [0.1, 0.15) is 5.82 Å². The van der Waals surface area contributed by atoms with Crippen LogP contribution in [0.3, 0.4) is 0 Å². The van der Waals surface area contributed by atoms with Gasteiger partial charge in [-0.1, -0.05) is 19.1 Å². The molecule has 0 aliphatic heterocycles. The Morgan fingerprint density at radius 1 is 1.50 bits per heavy atom. The van der Waals surface area contributed by atoms with E-state index >= 15 is 0 Å². The van der Waals surface area contributed by atoms with Crippen LogP contribution >= 0.6 is 0 Å². The van der Waals surface area contributed by atoms with Crippen LogP contribution in [0.4, 0.5) is 4.39 Å². The van der Waals surface area contributed by atoms with E-state index in [9.17, 15) is 4.39 Å². The highest BCUT2D eigenvalue weighted by molar-refractivity contribution is 5.81. The Hall–Kier alpha value is -1.35. The van der Waals surface area contributed by atoms with Crippen molar-refractivity contribution in [1.82, 2.24) is 4.98 Å². The van der Waals surface area contributed by atoms with Gasteiger partial charge in [0, 0.05) is 17.1 Å². The fourth-order valence-corrected chi connectivity index (χ4v) is 1.56. The van der Waals surface area contributed by atoms with Gasteiger partial charge in [0.2, 0.25) is 0 Å². The summed E-state index contributed by atoms with van der Waals surface area (Å²) in [5.74, 6) is -0.225. The van der Waals surface area contributed by atoms with Gasteiger partial charge < -0.3 is 10.7 Å². The number of para-hydroxylation sites is 1. The van der Waals surface area contributed by atoms with Crippen LogP contribution in [0.5, 0.6) is 0 Å². The van der Waals surface area contributed by atoms with Crippen molar-refractivity contribution in [3.05, 3.63) is 35.8 Å². The van der Waals surface area contributed by atoms with Crippen molar-refractivity contribution in [2.24, 2.45) is 5.73 Å². The molecule has 1 atom stereocenters. The lowest BCUT2D eigenvalue weighted by Crippen LogP contribution is -2.08. The lowest BCUT2D eigenvalue weighted by atomic mass is 10.1. The second kappa shape index (κ2) is 3.42. The molecule has 14 heavy (non-hydrogen) atoms. The predicted molar refractivity (Wildman–Crippen MR) is 55.5 cm³/mol. The number of benzene rings is 1. The molecule has 1 heterocycles. The number of rotatable bonds is 2. The molecule has 3 N–H and O–H groups in total. The summed E-state index contributed by atoms with van der Waals surface area (Å²) >= 11 is 0. The Bertz CT molecular complexity index is 447. The number of halogens is 1. The number of aromatic nitrogens is 1. The molecular formula is C11H13FN2. The standard InChI is InChI=1S/C11H13FN2/c1-2-9(13)10-6-7-4-3-5-8(12)11(7)14-10/h3-6,9,14H,2,13H2,1H3. The first-order valence-electron chi connectivity index (χ1n) is 4.75. The minimum Gasteiger partial charge on any atom is -0.355 e. The molecule has 1 aromatic heterocycles. The van der Waals surface area contributed by atoms with E-state index in [2.05, 4.69) is 4.98 Å². The summed E-state index contributed by atoms with van der Waals surface area (Å²) in [4.78, 5) is 3.01. The van der Waals surface area contributed by atoms with Gasteiger partial charge in [0.15, 0.2) is 0 Å². The maximum Gasteiger partial charge on any atom is 0.147 e. The third-order valence-corrected chi connectivity index (χ3v) is 2.47. The monoisotopic (exact) mass is 192 g/mol. The molecule has 2 rings (SSSR count). The van der Waals surface area contributed by atoms with Crippen LogP contribution in [-0.2, 0) is 0 Å². The number of nitrogens with two attached hydrogens (primary N) is 1. The van der Waals surface area contributed by atoms with Gasteiger partial charge in [0.05, 0.1) is 5.52 Å². The number of nitrogens with one attached hydrogen (secondary N) is 1. The van der Waals surface area contributed by atoms with Crippen molar-refractivity contribution >= 4 is 10.9 Å². The highest BCUT2D eigenvalue weighted by atomic mass is 19.1. The van der Waals surface area contributed by atoms with Gasteiger partial charge in [-0.15, -0.1) is 0 Å². The number of H-pyrrole nitrogens is 1. The zero-order valence-electron chi connectivity index (χ0n) is 8.05. The van der Waals surface area contributed by atoms with Gasteiger partial charge >= 0.3 is 0 Å². The topological polar surface area (TPSA) is 41.8 Å². The summed E-state index contributed by atoms with van der Waals surface area (Å²) in [7, 11) is 0. The van der Waals surface area contributed by atoms with E-state index in [1.165, 1.54) is 6.07 Å². The van der Waals surface area contributed by atoms with Crippen LogP contribution in [0.1, 0.15) is 25.1 Å². The quantitative estimate of drug-likeness (QED) is 0.754. The second-order valence-corrected chi connectivity index (χ2v) is 3.44.